The van der Waals surface area contributed by atoms with Crippen LogP contribution in [0.2, 0.25) is 0 Å². The van der Waals surface area contributed by atoms with Gasteiger partial charge in [0.15, 0.2) is 0 Å². The Hall–Kier alpha value is -0.0551. The molecule has 0 unspecified atom stereocenters. The van der Waals surface area contributed by atoms with E-state index >= 15 is 0 Å². The molecule has 1 rings (SSSR count). The number of thioether (sulfide) groups is 1. The predicted octanol–water partition coefficient (Wildman–Crippen LogP) is 3.85. The van der Waals surface area contributed by atoms with E-state index in [1.165, 1.54) is 37.4 Å². The molecule has 0 atom stereocenters. The van der Waals surface area contributed by atoms with Crippen molar-refractivity contribution in [2.45, 2.75) is 25.7 Å². The molecule has 1 aliphatic carbocycles. The van der Waals surface area contributed by atoms with Gasteiger partial charge in [-0.15, -0.1) is 12.1 Å². The Morgan fingerprint density at radius 1 is 1.29 bits per heavy atom. The normalized spacial score (nSPS) is 18.8. The van der Waals surface area contributed by atoms with Crippen LogP contribution in [0.3, 0.4) is 0 Å². The molecule has 0 aromatic heterocycles. The molecule has 0 radical (unpaired) electrons. The summed E-state index contributed by atoms with van der Waals surface area (Å²) in [7, 11) is 0. The summed E-state index contributed by atoms with van der Waals surface area (Å²) in [6.07, 6.45) is 4.87. The maximum absolute atomic E-state index is 12.1. The average molecular weight is 223 g/mol. The average Bonchev–Trinajstić information content (AvgIpc) is 2.55. The molecule has 1 saturated carbocycles. The lowest BCUT2D eigenvalue weighted by Gasteiger charge is -2.18. The van der Waals surface area contributed by atoms with Gasteiger partial charge in [0.2, 0.25) is 0 Å². The minimum atomic E-state index is -4.81. The fourth-order valence-corrected chi connectivity index (χ4v) is 2.86. The van der Waals surface area contributed by atoms with E-state index in [0.717, 1.165) is 5.75 Å². The number of hydrogen-bond acceptors (Lipinski definition) is 1. The molecule has 0 aromatic carbocycles. The van der Waals surface area contributed by atoms with Gasteiger partial charge in [-0.1, -0.05) is 12.8 Å². The SMILES string of the molecule is C=C(CSCC1CCCC1)[B-](F)(F)F. The largest absolute Gasteiger partial charge is 0.505 e. The molecule has 0 heterocycles. The summed E-state index contributed by atoms with van der Waals surface area (Å²) in [5.41, 5.74) is -0.548. The van der Waals surface area contributed by atoms with Gasteiger partial charge in [0.1, 0.15) is 0 Å². The topological polar surface area (TPSA) is 0 Å². The molecule has 0 saturated heterocycles. The third kappa shape index (κ3) is 3.99. The molecule has 0 amide bonds. The third-order valence-corrected chi connectivity index (χ3v) is 3.86. The van der Waals surface area contributed by atoms with Crippen LogP contribution in [0.5, 0.6) is 0 Å². The fourth-order valence-electron chi connectivity index (χ4n) is 1.63. The van der Waals surface area contributed by atoms with Crippen LogP contribution >= 0.6 is 11.8 Å². The number of hydrogen-bond donors (Lipinski definition) is 0. The second-order valence-electron chi connectivity index (χ2n) is 3.90. The van der Waals surface area contributed by atoms with Crippen LogP contribution in [0, 0.1) is 5.92 Å². The molecular formula is C9H15BF3S-. The van der Waals surface area contributed by atoms with E-state index < -0.39 is 12.4 Å². The quantitative estimate of drug-likeness (QED) is 0.638. The van der Waals surface area contributed by atoms with Crippen LogP contribution in [-0.4, -0.2) is 18.5 Å². The van der Waals surface area contributed by atoms with Crippen molar-refractivity contribution in [2.75, 3.05) is 11.5 Å². The van der Waals surface area contributed by atoms with E-state index in [9.17, 15) is 12.9 Å². The zero-order valence-corrected chi connectivity index (χ0v) is 8.96. The van der Waals surface area contributed by atoms with E-state index in [-0.39, 0.29) is 5.75 Å². The third-order valence-electron chi connectivity index (χ3n) is 2.58. The molecule has 82 valence electrons. The highest BCUT2D eigenvalue weighted by Gasteiger charge is 2.26. The van der Waals surface area contributed by atoms with Gasteiger partial charge < -0.3 is 12.9 Å². The van der Waals surface area contributed by atoms with Gasteiger partial charge in [-0.05, 0) is 30.3 Å². The van der Waals surface area contributed by atoms with E-state index in [2.05, 4.69) is 6.58 Å². The van der Waals surface area contributed by atoms with Crippen molar-refractivity contribution in [3.05, 3.63) is 12.1 Å². The fraction of sp³-hybridized carbons (Fsp3) is 0.778. The van der Waals surface area contributed by atoms with Crippen molar-refractivity contribution in [3.63, 3.8) is 0 Å². The first kappa shape index (κ1) is 12.0. The lowest BCUT2D eigenvalue weighted by atomic mass is 9.82. The van der Waals surface area contributed by atoms with Crippen molar-refractivity contribution in [2.24, 2.45) is 5.92 Å². The summed E-state index contributed by atoms with van der Waals surface area (Å²) in [6.45, 7) is -1.74. The first-order valence-electron chi connectivity index (χ1n) is 4.95. The Labute approximate surface area is 87.4 Å². The Bertz CT molecular complexity index is 197. The highest BCUT2D eigenvalue weighted by molar-refractivity contribution is 7.99. The van der Waals surface area contributed by atoms with Gasteiger partial charge in [0.25, 0.3) is 0 Å². The molecule has 0 nitrogen and oxygen atoms in total. The van der Waals surface area contributed by atoms with Gasteiger partial charge in [-0.25, -0.2) is 0 Å². The van der Waals surface area contributed by atoms with Crippen LogP contribution in [0.25, 0.3) is 0 Å². The molecule has 0 bridgehead atoms. The molecule has 0 aromatic rings. The van der Waals surface area contributed by atoms with Gasteiger partial charge in [0, 0.05) is 0 Å². The van der Waals surface area contributed by atoms with Gasteiger partial charge in [-0.2, -0.15) is 11.8 Å². The maximum Gasteiger partial charge on any atom is 0.505 e. The van der Waals surface area contributed by atoms with E-state index in [1.54, 1.807) is 0 Å². The van der Waals surface area contributed by atoms with E-state index in [4.69, 9.17) is 0 Å². The number of rotatable bonds is 5. The molecule has 5 heteroatoms. The molecule has 0 N–H and O–H groups in total. The molecule has 1 fully saturated rings. The Balaban J connectivity index is 2.11. The Kier molecular flexibility index (Phi) is 4.42. The van der Waals surface area contributed by atoms with Crippen molar-refractivity contribution >= 4 is 18.7 Å². The van der Waals surface area contributed by atoms with Crippen molar-refractivity contribution in [3.8, 4) is 0 Å². The zero-order chi connectivity index (χ0) is 10.6. The van der Waals surface area contributed by atoms with Crippen LogP contribution in [0.15, 0.2) is 12.1 Å². The molecule has 0 aliphatic heterocycles. The van der Waals surface area contributed by atoms with Crippen molar-refractivity contribution in [1.82, 2.24) is 0 Å². The minimum absolute atomic E-state index is 0.0556. The van der Waals surface area contributed by atoms with E-state index in [1.807, 2.05) is 0 Å². The molecule has 14 heavy (non-hydrogen) atoms. The highest BCUT2D eigenvalue weighted by atomic mass is 32.2. The summed E-state index contributed by atoms with van der Waals surface area (Å²) in [5, 5.41) is 0. The lowest BCUT2D eigenvalue weighted by molar-refractivity contribution is 0.491. The van der Waals surface area contributed by atoms with E-state index in [0.29, 0.717) is 5.92 Å². The first-order valence-corrected chi connectivity index (χ1v) is 6.11. The first-order chi connectivity index (χ1) is 6.50. The molecule has 1 aliphatic rings. The predicted molar refractivity (Wildman–Crippen MR) is 57.5 cm³/mol. The summed E-state index contributed by atoms with van der Waals surface area (Å²) >= 11 is 1.38. The summed E-state index contributed by atoms with van der Waals surface area (Å²) in [4.78, 5) is 0. The standard InChI is InChI=1S/C9H15BF3S/c1-8(10(11,12)13)6-14-7-9-4-2-3-5-9/h9H,1-7H2/q-1. The monoisotopic (exact) mass is 223 g/mol. The van der Waals surface area contributed by atoms with Crippen LogP contribution < -0.4 is 0 Å². The Morgan fingerprint density at radius 3 is 2.36 bits per heavy atom. The lowest BCUT2D eigenvalue weighted by Crippen LogP contribution is -2.20. The van der Waals surface area contributed by atoms with Crippen molar-refractivity contribution < 1.29 is 12.9 Å². The zero-order valence-electron chi connectivity index (χ0n) is 8.15. The van der Waals surface area contributed by atoms with Crippen LogP contribution in [0.4, 0.5) is 12.9 Å². The van der Waals surface area contributed by atoms with Gasteiger partial charge in [-0.3, -0.25) is 0 Å². The summed E-state index contributed by atoms with van der Waals surface area (Å²) < 4.78 is 36.3. The summed E-state index contributed by atoms with van der Waals surface area (Å²) in [5.74, 6) is 1.57. The van der Waals surface area contributed by atoms with Crippen LogP contribution in [0.1, 0.15) is 25.7 Å². The molecular weight excluding hydrogens is 208 g/mol. The highest BCUT2D eigenvalue weighted by Crippen LogP contribution is 2.29. The smallest absolute Gasteiger partial charge is 0.445 e. The van der Waals surface area contributed by atoms with Crippen LogP contribution in [-0.2, 0) is 0 Å². The van der Waals surface area contributed by atoms with Crippen molar-refractivity contribution in [1.29, 1.82) is 0 Å². The number of halogens is 3. The second-order valence-corrected chi connectivity index (χ2v) is 4.93. The minimum Gasteiger partial charge on any atom is -0.445 e. The maximum atomic E-state index is 12.1. The Morgan fingerprint density at radius 2 is 1.86 bits per heavy atom. The summed E-state index contributed by atoms with van der Waals surface area (Å²) in [6, 6.07) is 0. The van der Waals surface area contributed by atoms with Gasteiger partial charge in [0.05, 0.1) is 0 Å². The van der Waals surface area contributed by atoms with Gasteiger partial charge >= 0.3 is 6.98 Å². The second kappa shape index (κ2) is 5.15. The molecule has 0 spiro atoms.